The Morgan fingerprint density at radius 3 is 2.55 bits per heavy atom. The second-order valence-electron chi connectivity index (χ2n) is 9.59. The van der Waals surface area contributed by atoms with Crippen molar-refractivity contribution < 1.29 is 27.8 Å². The zero-order valence-corrected chi connectivity index (χ0v) is 22.1. The van der Waals surface area contributed by atoms with Crippen LogP contribution in [-0.4, -0.2) is 64.6 Å². The maximum atomic E-state index is 13.3. The van der Waals surface area contributed by atoms with Crippen molar-refractivity contribution in [1.82, 2.24) is 19.3 Å². The maximum absolute atomic E-state index is 13.3. The lowest BCUT2D eigenvalue weighted by molar-refractivity contribution is -0.152. The van der Waals surface area contributed by atoms with Gasteiger partial charge in [0, 0.05) is 35.8 Å². The Labute approximate surface area is 220 Å². The lowest BCUT2D eigenvalue weighted by Gasteiger charge is -2.21. The molecule has 2 aromatic heterocycles. The molecular weight excluding hydrogens is 508 g/mol. The highest BCUT2D eigenvalue weighted by Gasteiger charge is 2.31. The van der Waals surface area contributed by atoms with Crippen LogP contribution in [0.2, 0.25) is 0 Å². The predicted octanol–water partition coefficient (Wildman–Crippen LogP) is 4.33. The smallest absolute Gasteiger partial charge is 0.347 e. The van der Waals surface area contributed by atoms with Crippen molar-refractivity contribution in [2.24, 2.45) is 0 Å². The Morgan fingerprint density at radius 2 is 1.84 bits per heavy atom. The number of H-pyrrole nitrogens is 1. The van der Waals surface area contributed by atoms with Crippen molar-refractivity contribution >= 4 is 26.9 Å². The van der Waals surface area contributed by atoms with E-state index < -0.39 is 21.6 Å². The van der Waals surface area contributed by atoms with Gasteiger partial charge in [-0.3, -0.25) is 0 Å². The van der Waals surface area contributed by atoms with Crippen molar-refractivity contribution in [2.45, 2.75) is 37.2 Å². The second kappa shape index (κ2) is 9.73. The molecule has 1 fully saturated rings. The van der Waals surface area contributed by atoms with Crippen LogP contribution in [0.3, 0.4) is 0 Å². The average Bonchev–Trinajstić information content (AvgIpc) is 3.59. The van der Waals surface area contributed by atoms with Crippen molar-refractivity contribution in [3.05, 3.63) is 54.7 Å². The summed E-state index contributed by atoms with van der Waals surface area (Å²) in [5.74, 6) is 0.0732. The van der Waals surface area contributed by atoms with Crippen molar-refractivity contribution in [3.63, 3.8) is 0 Å². The van der Waals surface area contributed by atoms with Gasteiger partial charge < -0.3 is 19.6 Å². The van der Waals surface area contributed by atoms with Gasteiger partial charge in [0.2, 0.25) is 10.0 Å². The summed E-state index contributed by atoms with van der Waals surface area (Å²) < 4.78 is 39.1. The molecule has 0 unspecified atom stereocenters. The van der Waals surface area contributed by atoms with Gasteiger partial charge in [-0.1, -0.05) is 0 Å². The minimum absolute atomic E-state index is 0.113. The molecule has 0 atom stereocenters. The van der Waals surface area contributed by atoms with Gasteiger partial charge >= 0.3 is 5.97 Å². The first-order valence-corrected chi connectivity index (χ1v) is 13.6. The van der Waals surface area contributed by atoms with Crippen LogP contribution in [-0.2, 0) is 14.8 Å². The lowest BCUT2D eigenvalue weighted by atomic mass is 10.1. The zero-order chi connectivity index (χ0) is 27.1. The van der Waals surface area contributed by atoms with E-state index in [4.69, 9.17) is 9.47 Å². The lowest BCUT2D eigenvalue weighted by Crippen LogP contribution is -2.37. The number of benzene rings is 2. The van der Waals surface area contributed by atoms with Gasteiger partial charge in [-0.2, -0.15) is 4.31 Å². The average molecular weight is 537 g/mol. The van der Waals surface area contributed by atoms with Crippen LogP contribution in [0.5, 0.6) is 11.5 Å². The summed E-state index contributed by atoms with van der Waals surface area (Å²) in [4.78, 5) is 23.9. The number of aromatic nitrogens is 3. The Balaban J connectivity index is 1.49. The number of carboxylic acids is 1. The summed E-state index contributed by atoms with van der Waals surface area (Å²) in [6, 6.07) is 13.8. The summed E-state index contributed by atoms with van der Waals surface area (Å²) in [5, 5.41) is 10.1. The van der Waals surface area contributed by atoms with Crippen molar-refractivity contribution in [3.8, 4) is 34.3 Å². The van der Waals surface area contributed by atoms with Crippen LogP contribution in [0.25, 0.3) is 33.7 Å². The summed E-state index contributed by atoms with van der Waals surface area (Å²) in [5.41, 5.74) is 1.26. The quantitative estimate of drug-likeness (QED) is 0.340. The third kappa shape index (κ3) is 4.82. The second-order valence-corrected chi connectivity index (χ2v) is 11.5. The van der Waals surface area contributed by atoms with Crippen molar-refractivity contribution in [2.75, 3.05) is 20.2 Å². The first-order valence-electron chi connectivity index (χ1n) is 12.2. The minimum Gasteiger partial charge on any atom is -0.495 e. The molecule has 2 N–H and O–H groups in total. The van der Waals surface area contributed by atoms with Gasteiger partial charge in [0.25, 0.3) is 0 Å². The number of hydrogen-bond donors (Lipinski definition) is 2. The number of carbonyl (C=O) groups is 1. The Bertz CT molecular complexity index is 1620. The van der Waals surface area contributed by atoms with Crippen LogP contribution >= 0.6 is 0 Å². The Kier molecular flexibility index (Phi) is 6.58. The predicted molar refractivity (Wildman–Crippen MR) is 142 cm³/mol. The van der Waals surface area contributed by atoms with Crippen molar-refractivity contribution in [1.29, 1.82) is 0 Å². The number of nitrogens with one attached hydrogen (secondary N) is 1. The summed E-state index contributed by atoms with van der Waals surface area (Å²) in [7, 11) is -2.25. The topological polar surface area (TPSA) is 135 Å². The number of ether oxygens (including phenoxy) is 2. The third-order valence-electron chi connectivity index (χ3n) is 6.52. The number of sulfonamides is 1. The van der Waals surface area contributed by atoms with Gasteiger partial charge in [0.15, 0.2) is 11.4 Å². The molecule has 1 saturated heterocycles. The third-order valence-corrected chi connectivity index (χ3v) is 8.44. The molecule has 1 aliphatic heterocycles. The van der Waals surface area contributed by atoms with Crippen LogP contribution in [0, 0.1) is 0 Å². The van der Waals surface area contributed by atoms with Gasteiger partial charge in [0.1, 0.15) is 16.4 Å². The molecule has 0 saturated carbocycles. The SMILES string of the molecule is COc1ccc(-c2ccnc(-c3cc4cc(OC(C)(C)C(=O)O)ccc4[nH]3)n2)cc1S(=O)(=O)N1CCCC1. The molecule has 0 amide bonds. The summed E-state index contributed by atoms with van der Waals surface area (Å²) in [6.45, 7) is 3.97. The van der Waals surface area contributed by atoms with Crippen LogP contribution in [0.4, 0.5) is 0 Å². The van der Waals surface area contributed by atoms with Crippen LogP contribution in [0.1, 0.15) is 26.7 Å². The van der Waals surface area contributed by atoms with Gasteiger partial charge in [-0.15, -0.1) is 0 Å². The number of methoxy groups -OCH3 is 1. The molecule has 198 valence electrons. The normalized spacial score (nSPS) is 14.6. The molecule has 0 bridgehead atoms. The molecular formula is C27H28N4O6S. The number of rotatable bonds is 8. The zero-order valence-electron chi connectivity index (χ0n) is 21.3. The van der Waals surface area contributed by atoms with E-state index in [2.05, 4.69) is 15.0 Å². The van der Waals surface area contributed by atoms with Gasteiger partial charge in [-0.05, 0) is 75.2 Å². The van der Waals surface area contributed by atoms with Gasteiger partial charge in [-0.25, -0.2) is 23.2 Å². The molecule has 38 heavy (non-hydrogen) atoms. The highest BCUT2D eigenvalue weighted by atomic mass is 32.2. The molecule has 4 aromatic rings. The fourth-order valence-electron chi connectivity index (χ4n) is 4.39. The van der Waals surface area contributed by atoms with Crippen LogP contribution < -0.4 is 9.47 Å². The molecule has 2 aromatic carbocycles. The number of nitrogens with zero attached hydrogens (tertiary/aromatic N) is 3. The van der Waals surface area contributed by atoms with Gasteiger partial charge in [0.05, 0.1) is 18.5 Å². The van der Waals surface area contributed by atoms with E-state index in [1.165, 1.54) is 25.3 Å². The number of hydrogen-bond acceptors (Lipinski definition) is 7. The molecule has 0 radical (unpaired) electrons. The van der Waals surface area contributed by atoms with E-state index >= 15 is 0 Å². The highest BCUT2D eigenvalue weighted by Crippen LogP contribution is 2.33. The van der Waals surface area contributed by atoms with E-state index in [0.717, 1.165) is 23.7 Å². The number of aliphatic carboxylic acids is 1. The number of aromatic amines is 1. The number of carboxylic acid groups (broad SMARTS) is 1. The first kappa shape index (κ1) is 25.7. The molecule has 0 aliphatic carbocycles. The minimum atomic E-state index is -3.70. The van der Waals surface area contributed by atoms with Crippen LogP contribution in [0.15, 0.2) is 59.6 Å². The van der Waals surface area contributed by atoms with E-state index in [0.29, 0.717) is 41.6 Å². The molecule has 3 heterocycles. The van der Waals surface area contributed by atoms with E-state index in [1.54, 1.807) is 48.7 Å². The first-order chi connectivity index (χ1) is 18.1. The largest absolute Gasteiger partial charge is 0.495 e. The maximum Gasteiger partial charge on any atom is 0.347 e. The Morgan fingerprint density at radius 1 is 1.08 bits per heavy atom. The molecule has 5 rings (SSSR count). The molecule has 10 nitrogen and oxygen atoms in total. The summed E-state index contributed by atoms with van der Waals surface area (Å²) >= 11 is 0. The molecule has 0 spiro atoms. The number of fused-ring (bicyclic) bond motifs is 1. The van der Waals surface area contributed by atoms with E-state index in [1.807, 2.05) is 6.07 Å². The standard InChI is InChI=1S/C27H28N4O6S/c1-27(2,26(32)33)37-19-7-8-20-18(14-19)15-22(29-20)25-28-11-10-21(30-25)17-6-9-23(36-3)24(16-17)38(34,35)31-12-4-5-13-31/h6-11,14-16,29H,4-5,12-13H2,1-3H3,(H,32,33). The monoisotopic (exact) mass is 536 g/mol. The Hall–Kier alpha value is -3.96. The molecule has 11 heteroatoms. The fourth-order valence-corrected chi connectivity index (χ4v) is 6.09. The highest BCUT2D eigenvalue weighted by molar-refractivity contribution is 7.89. The fraction of sp³-hybridized carbons (Fsp3) is 0.296. The van der Waals surface area contributed by atoms with E-state index in [-0.39, 0.29) is 10.6 Å². The van der Waals surface area contributed by atoms with E-state index in [9.17, 15) is 18.3 Å². The summed E-state index contributed by atoms with van der Waals surface area (Å²) in [6.07, 6.45) is 3.30. The molecule has 1 aliphatic rings.